The summed E-state index contributed by atoms with van der Waals surface area (Å²) in [5, 5.41) is 10.8. The lowest BCUT2D eigenvalue weighted by Crippen LogP contribution is -2.04. The van der Waals surface area contributed by atoms with Gasteiger partial charge in [0.1, 0.15) is 6.61 Å². The molecular weight excluding hydrogens is 246 g/mol. The highest BCUT2D eigenvalue weighted by Gasteiger charge is 2.23. The van der Waals surface area contributed by atoms with Gasteiger partial charge in [0.2, 0.25) is 0 Å². The lowest BCUT2D eigenvalue weighted by atomic mass is 10.2. The Labute approximate surface area is 112 Å². The molecule has 1 fully saturated rings. The molecule has 0 spiro atoms. The van der Waals surface area contributed by atoms with E-state index in [9.17, 15) is 10.1 Å². The summed E-state index contributed by atoms with van der Waals surface area (Å²) in [6.07, 6.45) is 2.38. The molecule has 5 nitrogen and oxygen atoms in total. The largest absolute Gasteiger partial charge is 0.489 e. The molecule has 0 amide bonds. The zero-order valence-electron chi connectivity index (χ0n) is 10.9. The quantitative estimate of drug-likeness (QED) is 0.430. The fourth-order valence-electron chi connectivity index (χ4n) is 1.54. The summed E-state index contributed by atoms with van der Waals surface area (Å²) in [5.41, 5.74) is 0.843. The van der Waals surface area contributed by atoms with Crippen LogP contribution in [0.5, 0.6) is 11.5 Å². The summed E-state index contributed by atoms with van der Waals surface area (Å²) in [5.74, 6) is 1.57. The van der Waals surface area contributed by atoms with E-state index in [1.54, 1.807) is 6.07 Å². The summed E-state index contributed by atoms with van der Waals surface area (Å²) >= 11 is 0. The normalized spacial score (nSPS) is 13.9. The third kappa shape index (κ3) is 3.98. The van der Waals surface area contributed by atoms with Crippen LogP contribution < -0.4 is 9.47 Å². The molecule has 102 valence electrons. The first-order valence-electron chi connectivity index (χ1n) is 6.24. The molecule has 2 rings (SSSR count). The van der Waals surface area contributed by atoms with Crippen molar-refractivity contribution in [2.75, 3.05) is 13.2 Å². The number of non-ortho nitro benzene ring substituents is 1. The van der Waals surface area contributed by atoms with Crippen molar-refractivity contribution in [2.45, 2.75) is 19.8 Å². The van der Waals surface area contributed by atoms with Crippen molar-refractivity contribution < 1.29 is 14.4 Å². The summed E-state index contributed by atoms with van der Waals surface area (Å²) in [6, 6.07) is 4.41. The smallest absolute Gasteiger partial charge is 0.273 e. The molecule has 1 aromatic rings. The Bertz CT molecular complexity index is 494. The van der Waals surface area contributed by atoms with Crippen LogP contribution >= 0.6 is 0 Å². The predicted molar refractivity (Wildman–Crippen MR) is 71.6 cm³/mol. The monoisotopic (exact) mass is 263 g/mol. The minimum absolute atomic E-state index is 0.00418. The molecule has 0 saturated heterocycles. The number of rotatable bonds is 7. The topological polar surface area (TPSA) is 61.6 Å². The highest BCUT2D eigenvalue weighted by Crippen LogP contribution is 2.35. The molecule has 5 heteroatoms. The van der Waals surface area contributed by atoms with Gasteiger partial charge in [-0.05, 0) is 37.3 Å². The van der Waals surface area contributed by atoms with Crippen molar-refractivity contribution >= 4 is 5.69 Å². The summed E-state index contributed by atoms with van der Waals surface area (Å²) in [7, 11) is 0. The predicted octanol–water partition coefficient (Wildman–Crippen LogP) is 3.34. The van der Waals surface area contributed by atoms with E-state index in [2.05, 4.69) is 6.58 Å². The fourth-order valence-corrected chi connectivity index (χ4v) is 1.54. The number of ether oxygens (including phenoxy) is 2. The number of nitro groups is 1. The zero-order valence-corrected chi connectivity index (χ0v) is 10.9. The van der Waals surface area contributed by atoms with Gasteiger partial charge in [-0.25, -0.2) is 0 Å². The van der Waals surface area contributed by atoms with Crippen molar-refractivity contribution in [2.24, 2.45) is 5.92 Å². The Morgan fingerprint density at radius 2 is 2.16 bits per heavy atom. The fraction of sp³-hybridized carbons (Fsp3) is 0.429. The number of hydrogen-bond acceptors (Lipinski definition) is 4. The van der Waals surface area contributed by atoms with Gasteiger partial charge in [-0.15, -0.1) is 0 Å². The van der Waals surface area contributed by atoms with Crippen LogP contribution in [-0.2, 0) is 0 Å². The number of nitrogens with zero attached hydrogens (tertiary/aromatic N) is 1. The summed E-state index contributed by atoms with van der Waals surface area (Å²) < 4.78 is 11.2. The molecule has 0 N–H and O–H groups in total. The first-order chi connectivity index (χ1) is 9.06. The molecule has 0 radical (unpaired) electrons. The Kier molecular flexibility index (Phi) is 4.04. The second kappa shape index (κ2) is 5.73. The lowest BCUT2D eigenvalue weighted by molar-refractivity contribution is -0.385. The number of hydrogen-bond donors (Lipinski definition) is 0. The van der Waals surface area contributed by atoms with E-state index in [4.69, 9.17) is 9.47 Å². The van der Waals surface area contributed by atoms with E-state index in [0.29, 0.717) is 30.6 Å². The van der Waals surface area contributed by atoms with E-state index in [-0.39, 0.29) is 5.69 Å². The Balaban J connectivity index is 2.13. The summed E-state index contributed by atoms with van der Waals surface area (Å²) in [6.45, 7) is 6.54. The first-order valence-corrected chi connectivity index (χ1v) is 6.24. The maximum Gasteiger partial charge on any atom is 0.273 e. The highest BCUT2D eigenvalue weighted by atomic mass is 16.6. The van der Waals surface area contributed by atoms with Gasteiger partial charge in [0.05, 0.1) is 17.6 Å². The van der Waals surface area contributed by atoms with Crippen molar-refractivity contribution in [1.82, 2.24) is 0 Å². The van der Waals surface area contributed by atoms with E-state index >= 15 is 0 Å². The van der Waals surface area contributed by atoms with Crippen LogP contribution in [0.25, 0.3) is 0 Å². The molecule has 0 aromatic heterocycles. The second-order valence-electron chi connectivity index (χ2n) is 4.89. The first kappa shape index (κ1) is 13.4. The molecule has 0 atom stereocenters. The van der Waals surface area contributed by atoms with Crippen LogP contribution in [-0.4, -0.2) is 18.1 Å². The van der Waals surface area contributed by atoms with E-state index in [0.717, 1.165) is 5.57 Å². The van der Waals surface area contributed by atoms with Crippen molar-refractivity contribution in [1.29, 1.82) is 0 Å². The molecule has 0 unspecified atom stereocenters. The van der Waals surface area contributed by atoms with E-state index in [1.165, 1.54) is 25.0 Å². The average Bonchev–Trinajstić information content (AvgIpc) is 3.18. The van der Waals surface area contributed by atoms with Crippen LogP contribution in [0.1, 0.15) is 19.8 Å². The maximum atomic E-state index is 10.8. The van der Waals surface area contributed by atoms with Crippen LogP contribution in [0.3, 0.4) is 0 Å². The Morgan fingerprint density at radius 1 is 1.42 bits per heavy atom. The molecule has 0 bridgehead atoms. The minimum Gasteiger partial charge on any atom is -0.489 e. The molecule has 1 saturated carbocycles. The van der Waals surface area contributed by atoms with Gasteiger partial charge in [0, 0.05) is 6.07 Å². The third-order valence-electron chi connectivity index (χ3n) is 2.78. The average molecular weight is 263 g/mol. The van der Waals surface area contributed by atoms with Gasteiger partial charge < -0.3 is 9.47 Å². The molecule has 1 aliphatic carbocycles. The van der Waals surface area contributed by atoms with Crippen LogP contribution in [0.4, 0.5) is 5.69 Å². The third-order valence-corrected chi connectivity index (χ3v) is 2.78. The molecular formula is C14H17NO4. The van der Waals surface area contributed by atoms with E-state index < -0.39 is 4.92 Å². The molecule has 0 aliphatic heterocycles. The lowest BCUT2D eigenvalue weighted by Gasteiger charge is -2.12. The van der Waals surface area contributed by atoms with Crippen molar-refractivity contribution in [3.05, 3.63) is 40.5 Å². The minimum atomic E-state index is -0.446. The van der Waals surface area contributed by atoms with Gasteiger partial charge in [-0.1, -0.05) is 6.58 Å². The van der Waals surface area contributed by atoms with Crippen molar-refractivity contribution in [3.8, 4) is 11.5 Å². The SMILES string of the molecule is C=C(C)COc1cc([N+](=O)[O-])ccc1OCC1CC1. The molecule has 1 aliphatic rings. The Morgan fingerprint density at radius 3 is 2.74 bits per heavy atom. The van der Waals surface area contributed by atoms with Gasteiger partial charge in [0.25, 0.3) is 5.69 Å². The van der Waals surface area contributed by atoms with Crippen molar-refractivity contribution in [3.63, 3.8) is 0 Å². The maximum absolute atomic E-state index is 10.8. The van der Waals surface area contributed by atoms with Gasteiger partial charge in [-0.2, -0.15) is 0 Å². The van der Waals surface area contributed by atoms with Gasteiger partial charge in [0.15, 0.2) is 11.5 Å². The number of nitro benzene ring substituents is 1. The second-order valence-corrected chi connectivity index (χ2v) is 4.89. The summed E-state index contributed by atoms with van der Waals surface area (Å²) in [4.78, 5) is 10.3. The van der Waals surface area contributed by atoms with Gasteiger partial charge in [-0.3, -0.25) is 10.1 Å². The molecule has 1 aromatic carbocycles. The van der Waals surface area contributed by atoms with Crippen LogP contribution in [0.15, 0.2) is 30.4 Å². The zero-order chi connectivity index (χ0) is 13.8. The highest BCUT2D eigenvalue weighted by molar-refractivity contribution is 5.48. The van der Waals surface area contributed by atoms with E-state index in [1.807, 2.05) is 6.92 Å². The van der Waals surface area contributed by atoms with Gasteiger partial charge >= 0.3 is 0 Å². The van der Waals surface area contributed by atoms with Crippen LogP contribution in [0.2, 0.25) is 0 Å². The molecule has 0 heterocycles. The van der Waals surface area contributed by atoms with Crippen LogP contribution in [0, 0.1) is 16.0 Å². The number of benzene rings is 1. The standard InChI is InChI=1S/C14H17NO4/c1-10(2)8-18-14-7-12(15(16)17)5-6-13(14)19-9-11-3-4-11/h5-7,11H,1,3-4,8-9H2,2H3. The molecule has 19 heavy (non-hydrogen) atoms. The Hall–Kier alpha value is -2.04.